The largest absolute Gasteiger partial charge is 0.480 e. The maximum absolute atomic E-state index is 11.5. The summed E-state index contributed by atoms with van der Waals surface area (Å²) in [6, 6.07) is 22.2. The van der Waals surface area contributed by atoms with Crippen molar-refractivity contribution in [3.05, 3.63) is 83.4 Å². The highest BCUT2D eigenvalue weighted by Crippen LogP contribution is 2.33. The second kappa shape index (κ2) is 8.27. The first-order chi connectivity index (χ1) is 13.4. The Bertz CT molecular complexity index is 1030. The van der Waals surface area contributed by atoms with Gasteiger partial charge in [0.25, 0.3) is 0 Å². The molecule has 0 saturated carbocycles. The lowest BCUT2D eigenvalue weighted by Crippen LogP contribution is -2.52. The Hall–Kier alpha value is -2.82. The Kier molecular flexibility index (Phi) is 5.96. The monoisotopic (exact) mass is 409 g/mol. The number of carboxylic acids is 1. The summed E-state index contributed by atoms with van der Waals surface area (Å²) in [6.07, 6.45) is 1.44. The number of nitrogens with two attached hydrogens (primary N) is 1. The Morgan fingerprint density at radius 3 is 2.41 bits per heavy atom. The Balaban J connectivity index is 0.00000240. The molecule has 1 aliphatic carbocycles. The molecule has 0 saturated heterocycles. The van der Waals surface area contributed by atoms with Gasteiger partial charge in [-0.1, -0.05) is 48.0 Å². The van der Waals surface area contributed by atoms with E-state index in [1.54, 1.807) is 0 Å². The quantitative estimate of drug-likeness (QED) is 0.625. The molecular weight excluding hydrogens is 386 g/mol. The number of halogens is 1. The van der Waals surface area contributed by atoms with Crippen molar-refractivity contribution in [1.82, 2.24) is 0 Å². The van der Waals surface area contributed by atoms with Crippen LogP contribution in [0, 0.1) is 6.92 Å². The lowest BCUT2D eigenvalue weighted by atomic mass is 9.78. The van der Waals surface area contributed by atoms with Crippen LogP contribution in [0.25, 0.3) is 11.1 Å². The van der Waals surface area contributed by atoms with E-state index in [4.69, 9.17) is 10.5 Å². The smallest absolute Gasteiger partial charge is 0.324 e. The van der Waals surface area contributed by atoms with Gasteiger partial charge in [-0.05, 0) is 66.3 Å². The van der Waals surface area contributed by atoms with E-state index in [0.29, 0.717) is 25.0 Å². The number of benzene rings is 3. The van der Waals surface area contributed by atoms with E-state index in [0.717, 1.165) is 28.0 Å². The summed E-state index contributed by atoms with van der Waals surface area (Å²) in [4.78, 5) is 11.5. The van der Waals surface area contributed by atoms with Gasteiger partial charge in [0.05, 0.1) is 0 Å². The van der Waals surface area contributed by atoms with Gasteiger partial charge in [-0.25, -0.2) is 0 Å². The fraction of sp³-hybridized carbons (Fsp3) is 0.208. The minimum atomic E-state index is -1.20. The van der Waals surface area contributed by atoms with Crippen LogP contribution in [-0.2, 0) is 17.6 Å². The molecule has 3 aromatic carbocycles. The number of aryl methyl sites for hydroxylation is 2. The third-order valence-electron chi connectivity index (χ3n) is 5.40. The third kappa shape index (κ3) is 4.44. The number of ether oxygens (including phenoxy) is 1. The SMILES string of the molecule is Cc1ccc(-c2cccc(Oc3ccc4c(c3)CC(N)(C(=O)O)CC4)c2)cc1.Cl. The van der Waals surface area contributed by atoms with Crippen molar-refractivity contribution in [3.8, 4) is 22.6 Å². The average Bonchev–Trinajstić information content (AvgIpc) is 2.68. The van der Waals surface area contributed by atoms with Gasteiger partial charge >= 0.3 is 5.97 Å². The molecular formula is C24H24ClNO3. The van der Waals surface area contributed by atoms with Crippen LogP contribution in [-0.4, -0.2) is 16.6 Å². The molecule has 0 amide bonds. The Morgan fingerprint density at radius 1 is 0.966 bits per heavy atom. The fourth-order valence-corrected chi connectivity index (χ4v) is 3.66. The van der Waals surface area contributed by atoms with E-state index in [1.165, 1.54) is 5.56 Å². The van der Waals surface area contributed by atoms with Crippen molar-refractivity contribution < 1.29 is 14.6 Å². The van der Waals surface area contributed by atoms with E-state index in [-0.39, 0.29) is 12.4 Å². The molecule has 4 rings (SSSR count). The van der Waals surface area contributed by atoms with Crippen molar-refractivity contribution in [1.29, 1.82) is 0 Å². The summed E-state index contributed by atoms with van der Waals surface area (Å²) in [7, 11) is 0. The van der Waals surface area contributed by atoms with Gasteiger partial charge in [0, 0.05) is 6.42 Å². The zero-order valence-electron chi connectivity index (χ0n) is 16.2. The van der Waals surface area contributed by atoms with Gasteiger partial charge in [0.1, 0.15) is 17.0 Å². The number of carbonyl (C=O) groups is 1. The minimum Gasteiger partial charge on any atom is -0.480 e. The molecule has 4 nitrogen and oxygen atoms in total. The molecule has 1 atom stereocenters. The Morgan fingerprint density at radius 2 is 1.69 bits per heavy atom. The molecule has 29 heavy (non-hydrogen) atoms. The lowest BCUT2D eigenvalue weighted by Gasteiger charge is -2.31. The minimum absolute atomic E-state index is 0. The first kappa shape index (κ1) is 20.9. The fourth-order valence-electron chi connectivity index (χ4n) is 3.66. The molecule has 150 valence electrons. The van der Waals surface area contributed by atoms with E-state index in [2.05, 4.69) is 37.3 Å². The van der Waals surface area contributed by atoms with Gasteiger partial charge in [-0.3, -0.25) is 4.79 Å². The highest BCUT2D eigenvalue weighted by atomic mass is 35.5. The van der Waals surface area contributed by atoms with Crippen molar-refractivity contribution in [2.45, 2.75) is 31.7 Å². The second-order valence-corrected chi connectivity index (χ2v) is 7.56. The maximum atomic E-state index is 11.5. The zero-order chi connectivity index (χ0) is 19.7. The van der Waals surface area contributed by atoms with Gasteiger partial charge in [-0.15, -0.1) is 12.4 Å². The summed E-state index contributed by atoms with van der Waals surface area (Å²) in [5, 5.41) is 9.43. The van der Waals surface area contributed by atoms with Crippen LogP contribution < -0.4 is 10.5 Å². The van der Waals surface area contributed by atoms with Crippen molar-refractivity contribution in [3.63, 3.8) is 0 Å². The topological polar surface area (TPSA) is 72.5 Å². The molecule has 0 bridgehead atoms. The third-order valence-corrected chi connectivity index (χ3v) is 5.40. The first-order valence-electron chi connectivity index (χ1n) is 9.42. The Labute approximate surface area is 176 Å². The number of rotatable bonds is 4. The maximum Gasteiger partial charge on any atom is 0.324 e. The first-order valence-corrected chi connectivity index (χ1v) is 9.42. The number of fused-ring (bicyclic) bond motifs is 1. The summed E-state index contributed by atoms with van der Waals surface area (Å²) < 4.78 is 6.07. The summed E-state index contributed by atoms with van der Waals surface area (Å²) in [6.45, 7) is 2.07. The predicted molar refractivity (Wildman–Crippen MR) is 117 cm³/mol. The van der Waals surface area contributed by atoms with Crippen LogP contribution in [0.2, 0.25) is 0 Å². The van der Waals surface area contributed by atoms with Crippen LogP contribution in [0.15, 0.2) is 66.7 Å². The van der Waals surface area contributed by atoms with E-state index < -0.39 is 11.5 Å². The molecule has 0 spiro atoms. The highest BCUT2D eigenvalue weighted by Gasteiger charge is 2.37. The van der Waals surface area contributed by atoms with Crippen molar-refractivity contribution >= 4 is 18.4 Å². The van der Waals surface area contributed by atoms with Gasteiger partial charge in [-0.2, -0.15) is 0 Å². The van der Waals surface area contributed by atoms with Crippen LogP contribution in [0.3, 0.4) is 0 Å². The molecule has 0 fully saturated rings. The molecule has 3 N–H and O–H groups in total. The second-order valence-electron chi connectivity index (χ2n) is 7.56. The molecule has 1 unspecified atom stereocenters. The summed E-state index contributed by atoms with van der Waals surface area (Å²) >= 11 is 0. The van der Waals surface area contributed by atoms with Crippen LogP contribution >= 0.6 is 12.4 Å². The molecule has 0 radical (unpaired) electrons. The summed E-state index contributed by atoms with van der Waals surface area (Å²) in [5.74, 6) is 0.482. The molecule has 0 aliphatic heterocycles. The van der Waals surface area contributed by atoms with Crippen LogP contribution in [0.5, 0.6) is 11.5 Å². The highest BCUT2D eigenvalue weighted by molar-refractivity contribution is 5.85. The van der Waals surface area contributed by atoms with Crippen LogP contribution in [0.4, 0.5) is 0 Å². The molecule has 0 aromatic heterocycles. The van der Waals surface area contributed by atoms with Crippen LogP contribution in [0.1, 0.15) is 23.1 Å². The lowest BCUT2D eigenvalue weighted by molar-refractivity contribution is -0.143. The van der Waals surface area contributed by atoms with Gasteiger partial charge < -0.3 is 15.6 Å². The zero-order valence-corrected chi connectivity index (χ0v) is 17.0. The van der Waals surface area contributed by atoms with E-state index in [9.17, 15) is 9.90 Å². The number of hydrogen-bond donors (Lipinski definition) is 2. The summed E-state index contributed by atoms with van der Waals surface area (Å²) in [5.41, 5.74) is 10.4. The molecule has 3 aromatic rings. The van der Waals surface area contributed by atoms with E-state index >= 15 is 0 Å². The number of carboxylic acid groups (broad SMARTS) is 1. The van der Waals surface area contributed by atoms with Gasteiger partial charge in [0.2, 0.25) is 0 Å². The number of hydrogen-bond acceptors (Lipinski definition) is 3. The number of aliphatic carboxylic acids is 1. The predicted octanol–water partition coefficient (Wildman–Crippen LogP) is 5.15. The average molecular weight is 410 g/mol. The van der Waals surface area contributed by atoms with Crippen molar-refractivity contribution in [2.75, 3.05) is 0 Å². The standard InChI is InChI=1S/C24H23NO3.ClH/c1-16-5-7-17(8-6-16)19-3-2-4-21(13-19)28-22-10-9-18-11-12-24(25,23(26)27)15-20(18)14-22;/h2-10,13-14H,11-12,15,25H2,1H3,(H,26,27);1H. The van der Waals surface area contributed by atoms with Crippen molar-refractivity contribution in [2.24, 2.45) is 5.73 Å². The molecule has 0 heterocycles. The molecule has 1 aliphatic rings. The van der Waals surface area contributed by atoms with E-state index in [1.807, 2.05) is 36.4 Å². The normalized spacial score (nSPS) is 17.7. The van der Waals surface area contributed by atoms with Gasteiger partial charge in [0.15, 0.2) is 0 Å². The molecule has 5 heteroatoms.